The molecule has 0 aliphatic carbocycles. The second-order valence-corrected chi connectivity index (χ2v) is 6.23. The lowest BCUT2D eigenvalue weighted by Gasteiger charge is -2.14. The van der Waals surface area contributed by atoms with Gasteiger partial charge in [-0.2, -0.15) is 10.2 Å². The van der Waals surface area contributed by atoms with E-state index in [1.165, 1.54) is 0 Å². The molecule has 7 nitrogen and oxygen atoms in total. The molecule has 0 amide bonds. The number of benzene rings is 1. The van der Waals surface area contributed by atoms with Crippen LogP contribution in [0.4, 0.5) is 0 Å². The van der Waals surface area contributed by atoms with Crippen molar-refractivity contribution in [2.24, 2.45) is 0 Å². The maximum absolute atomic E-state index is 5.88. The normalized spacial score (nSPS) is 19.6. The maximum Gasteiger partial charge on any atom is 0.120 e. The monoisotopic (exact) mass is 342 g/mol. The number of nitrogens with zero attached hydrogens (tertiary/aromatic N) is 3. The van der Waals surface area contributed by atoms with Crippen LogP contribution in [0.25, 0.3) is 22.2 Å². The quantitative estimate of drug-likeness (QED) is 0.680. The van der Waals surface area contributed by atoms with Gasteiger partial charge in [0.2, 0.25) is 0 Å². The van der Waals surface area contributed by atoms with Gasteiger partial charge in [-0.3, -0.25) is 9.78 Å². The van der Waals surface area contributed by atoms with Crippen LogP contribution >= 0.6 is 0 Å². The van der Waals surface area contributed by atoms with E-state index in [4.69, 9.17) is 14.2 Å². The molecule has 1 N–H and O–H groups in total. The van der Waals surface area contributed by atoms with Crippen LogP contribution in [-0.2, 0) is 16.0 Å². The van der Waals surface area contributed by atoms with Crippen LogP contribution in [0.5, 0.6) is 5.75 Å². The first-order valence-electron chi connectivity index (χ1n) is 8.63. The second-order valence-electron chi connectivity index (χ2n) is 6.23. The van der Waals surface area contributed by atoms with Crippen LogP contribution in [0.15, 0.2) is 30.6 Å². The van der Waals surface area contributed by atoms with Gasteiger partial charge < -0.3 is 14.2 Å². The zero-order valence-electron chi connectivity index (χ0n) is 14.3. The summed E-state index contributed by atoms with van der Waals surface area (Å²) in [6.45, 7) is 5.17. The number of nitrogens with one attached hydrogen (secondary N) is 1. The third-order valence-corrected chi connectivity index (χ3v) is 4.23. The van der Waals surface area contributed by atoms with E-state index in [0.717, 1.165) is 40.9 Å². The highest BCUT2D eigenvalue weighted by Crippen LogP contribution is 2.29. The Bertz CT molecular complexity index is 842. The Kier molecular flexibility index (Phi) is 4.67. The van der Waals surface area contributed by atoms with Crippen molar-refractivity contribution in [3.63, 3.8) is 0 Å². The van der Waals surface area contributed by atoms with Crippen LogP contribution in [0, 0.1) is 0 Å². The summed E-state index contributed by atoms with van der Waals surface area (Å²) in [5.74, 6) is 0.804. The van der Waals surface area contributed by atoms with E-state index in [1.54, 1.807) is 0 Å². The van der Waals surface area contributed by atoms with Gasteiger partial charge in [-0.1, -0.05) is 0 Å². The lowest BCUT2D eigenvalue weighted by atomic mass is 10.1. The molecule has 0 fully saturated rings. The predicted octanol–water partition coefficient (Wildman–Crippen LogP) is 2.63. The molecule has 0 spiro atoms. The fourth-order valence-corrected chi connectivity index (χ4v) is 2.91. The fourth-order valence-electron chi connectivity index (χ4n) is 2.91. The number of ether oxygens (including phenoxy) is 3. The van der Waals surface area contributed by atoms with Gasteiger partial charge in [0, 0.05) is 30.3 Å². The number of aromatic nitrogens is 4. The van der Waals surface area contributed by atoms with Gasteiger partial charge >= 0.3 is 0 Å². The molecule has 1 aliphatic rings. The lowest BCUT2D eigenvalue weighted by Crippen LogP contribution is -2.20. The molecule has 2 aromatic heterocycles. The van der Waals surface area contributed by atoms with Gasteiger partial charge in [0.25, 0.3) is 0 Å². The van der Waals surface area contributed by atoms with Crippen molar-refractivity contribution in [1.82, 2.24) is 20.0 Å². The third-order valence-electron chi connectivity index (χ3n) is 4.23. The Morgan fingerprint density at radius 3 is 3.16 bits per heavy atom. The minimum Gasteiger partial charge on any atom is -0.491 e. The van der Waals surface area contributed by atoms with E-state index in [-0.39, 0.29) is 6.10 Å². The Morgan fingerprint density at radius 2 is 2.20 bits per heavy atom. The zero-order chi connectivity index (χ0) is 17.1. The van der Waals surface area contributed by atoms with Crippen LogP contribution in [0.1, 0.15) is 13.3 Å². The van der Waals surface area contributed by atoms with Crippen molar-refractivity contribution < 1.29 is 14.2 Å². The van der Waals surface area contributed by atoms with E-state index in [9.17, 15) is 0 Å². The molecule has 25 heavy (non-hydrogen) atoms. The summed E-state index contributed by atoms with van der Waals surface area (Å²) in [5.41, 5.74) is 2.85. The van der Waals surface area contributed by atoms with Crippen molar-refractivity contribution in [2.45, 2.75) is 26.0 Å². The first kappa shape index (κ1) is 16.1. The van der Waals surface area contributed by atoms with Crippen molar-refractivity contribution >= 4 is 10.9 Å². The highest BCUT2D eigenvalue weighted by Gasteiger charge is 2.12. The summed E-state index contributed by atoms with van der Waals surface area (Å²) >= 11 is 0. The summed E-state index contributed by atoms with van der Waals surface area (Å²) in [4.78, 5) is 0. The average Bonchev–Trinajstić information content (AvgIpc) is 3.24. The lowest BCUT2D eigenvalue weighted by molar-refractivity contribution is -0.00657. The number of rotatable bonds is 0. The van der Waals surface area contributed by atoms with Gasteiger partial charge in [-0.25, -0.2) is 0 Å². The Balaban J connectivity index is 1.65. The summed E-state index contributed by atoms with van der Waals surface area (Å²) in [5, 5.41) is 13.0. The first-order chi connectivity index (χ1) is 12.3. The number of aromatic amines is 1. The molecule has 0 saturated carbocycles. The topological polar surface area (TPSA) is 74.2 Å². The smallest absolute Gasteiger partial charge is 0.120 e. The zero-order valence-corrected chi connectivity index (χ0v) is 14.3. The third kappa shape index (κ3) is 3.67. The average molecular weight is 342 g/mol. The number of aryl methyl sites for hydroxylation is 1. The Hall–Kier alpha value is -2.38. The molecule has 132 valence electrons. The predicted molar refractivity (Wildman–Crippen MR) is 93.7 cm³/mol. The molecule has 4 rings (SSSR count). The van der Waals surface area contributed by atoms with Crippen LogP contribution in [0.3, 0.4) is 0 Å². The largest absolute Gasteiger partial charge is 0.491 e. The first-order valence-corrected chi connectivity index (χ1v) is 8.63. The molecule has 4 bridgehead atoms. The van der Waals surface area contributed by atoms with Crippen LogP contribution in [0.2, 0.25) is 0 Å². The van der Waals surface area contributed by atoms with Crippen molar-refractivity contribution in [2.75, 3.05) is 26.4 Å². The van der Waals surface area contributed by atoms with Gasteiger partial charge in [0.05, 0.1) is 31.0 Å². The number of hydrogen-bond donors (Lipinski definition) is 1. The number of H-pyrrole nitrogens is 1. The minimum absolute atomic E-state index is 0.00997. The van der Waals surface area contributed by atoms with Crippen molar-refractivity contribution in [3.8, 4) is 17.0 Å². The Morgan fingerprint density at radius 1 is 1.24 bits per heavy atom. The summed E-state index contributed by atoms with van der Waals surface area (Å²) in [6, 6.07) is 5.94. The van der Waals surface area contributed by atoms with Gasteiger partial charge in [-0.05, 0) is 31.5 Å². The number of hydrogen-bond acceptors (Lipinski definition) is 5. The van der Waals surface area contributed by atoms with Crippen molar-refractivity contribution in [3.05, 3.63) is 30.6 Å². The standard InChI is InChI=1S/C18H22N4O3/c1-13-12-25-15-3-4-17-16(9-15)18(21-20-17)14-10-19-22(11-14)5-2-6-23-7-8-24-13/h3-4,9-11,13H,2,5-8,12H2,1H3,(H,20,21)/t13-/m0/s1. The molecule has 0 saturated heterocycles. The van der Waals surface area contributed by atoms with Crippen molar-refractivity contribution in [1.29, 1.82) is 0 Å². The van der Waals surface area contributed by atoms with Crippen LogP contribution < -0.4 is 4.74 Å². The molecule has 1 aliphatic heterocycles. The molecule has 3 aromatic rings. The molecular formula is C18H22N4O3. The van der Waals surface area contributed by atoms with Gasteiger partial charge in [0.15, 0.2) is 0 Å². The van der Waals surface area contributed by atoms with E-state index in [0.29, 0.717) is 26.4 Å². The van der Waals surface area contributed by atoms with E-state index >= 15 is 0 Å². The molecule has 3 heterocycles. The van der Waals surface area contributed by atoms with E-state index in [2.05, 4.69) is 15.3 Å². The molecule has 7 heteroatoms. The molecule has 0 radical (unpaired) electrons. The Labute approximate surface area is 145 Å². The summed E-state index contributed by atoms with van der Waals surface area (Å²) in [7, 11) is 0. The highest BCUT2D eigenvalue weighted by molar-refractivity contribution is 5.93. The fraction of sp³-hybridized carbons (Fsp3) is 0.444. The summed E-state index contributed by atoms with van der Waals surface area (Å²) in [6.07, 6.45) is 4.79. The molecular weight excluding hydrogens is 320 g/mol. The molecule has 0 unspecified atom stereocenters. The maximum atomic E-state index is 5.88. The molecule has 1 aromatic carbocycles. The molecule has 1 atom stereocenters. The second kappa shape index (κ2) is 7.25. The van der Waals surface area contributed by atoms with Gasteiger partial charge in [-0.15, -0.1) is 0 Å². The number of fused-ring (bicyclic) bond motifs is 4. The highest BCUT2D eigenvalue weighted by atomic mass is 16.5. The van der Waals surface area contributed by atoms with E-state index < -0.39 is 0 Å². The van der Waals surface area contributed by atoms with Gasteiger partial charge in [0.1, 0.15) is 18.1 Å². The SMILES string of the molecule is C[C@H]1COc2ccc3[nH]nc(c3c2)-c2cnn(c2)CCCOCCO1. The van der Waals surface area contributed by atoms with Crippen LogP contribution in [-0.4, -0.2) is 52.5 Å². The minimum atomic E-state index is 0.00997. The summed E-state index contributed by atoms with van der Waals surface area (Å²) < 4.78 is 19.1. The van der Waals surface area contributed by atoms with E-state index in [1.807, 2.05) is 42.2 Å².